The maximum Gasteiger partial charge on any atom is 0.229 e. The van der Waals surface area contributed by atoms with Crippen molar-refractivity contribution < 1.29 is 9.47 Å². The Balaban J connectivity index is 1.66. The third kappa shape index (κ3) is 4.38. The van der Waals surface area contributed by atoms with E-state index in [9.17, 15) is 0 Å². The number of nitrogens with zero attached hydrogens (tertiary/aromatic N) is 2. The highest BCUT2D eigenvalue weighted by Gasteiger charge is 2.04. The molecule has 0 atom stereocenters. The van der Waals surface area contributed by atoms with Crippen LogP contribution in [0.25, 0.3) is 0 Å². The van der Waals surface area contributed by atoms with E-state index < -0.39 is 0 Å². The fourth-order valence-electron chi connectivity index (χ4n) is 2.36. The van der Waals surface area contributed by atoms with Crippen molar-refractivity contribution in [3.05, 3.63) is 66.4 Å². The summed E-state index contributed by atoms with van der Waals surface area (Å²) in [6.45, 7) is 0.614. The second-order valence-corrected chi connectivity index (χ2v) is 5.28. The third-order valence-electron chi connectivity index (χ3n) is 3.65. The first-order valence-electron chi connectivity index (χ1n) is 7.88. The first-order valence-corrected chi connectivity index (χ1v) is 7.88. The number of anilines is 3. The third-order valence-corrected chi connectivity index (χ3v) is 3.65. The number of hydrogen-bond acceptors (Lipinski definition) is 6. The summed E-state index contributed by atoms with van der Waals surface area (Å²) in [6, 6.07) is 17.3. The zero-order valence-electron chi connectivity index (χ0n) is 14.2. The Morgan fingerprint density at radius 2 is 1.72 bits per heavy atom. The number of methoxy groups -OCH3 is 2. The summed E-state index contributed by atoms with van der Waals surface area (Å²) in [6.07, 6.45) is 1.71. The summed E-state index contributed by atoms with van der Waals surface area (Å²) in [5.74, 6) is 2.91. The fourth-order valence-corrected chi connectivity index (χ4v) is 2.36. The molecule has 128 valence electrons. The predicted octanol–water partition coefficient (Wildman–Crippen LogP) is 3.85. The first kappa shape index (κ1) is 16.6. The quantitative estimate of drug-likeness (QED) is 0.683. The van der Waals surface area contributed by atoms with Gasteiger partial charge in [-0.05, 0) is 36.4 Å². The summed E-state index contributed by atoms with van der Waals surface area (Å²) in [5, 5.41) is 6.46. The van der Waals surface area contributed by atoms with Crippen LogP contribution in [-0.4, -0.2) is 24.2 Å². The average molecular weight is 336 g/mol. The van der Waals surface area contributed by atoms with E-state index in [-0.39, 0.29) is 0 Å². The van der Waals surface area contributed by atoms with Crippen LogP contribution in [0.5, 0.6) is 11.5 Å². The lowest BCUT2D eigenvalue weighted by Gasteiger charge is -2.11. The highest BCUT2D eigenvalue weighted by atomic mass is 16.5. The molecule has 0 aliphatic rings. The molecule has 3 rings (SSSR count). The molecule has 0 aliphatic carbocycles. The SMILES string of the molecule is COc1ccc(Nc2nccc(NCc3ccccc3OC)n2)cc1. The molecule has 6 nitrogen and oxygen atoms in total. The van der Waals surface area contributed by atoms with Crippen molar-refractivity contribution in [1.29, 1.82) is 0 Å². The highest BCUT2D eigenvalue weighted by molar-refractivity contribution is 5.56. The maximum atomic E-state index is 5.36. The molecule has 0 radical (unpaired) electrons. The number of benzene rings is 2. The van der Waals surface area contributed by atoms with E-state index in [1.807, 2.05) is 54.6 Å². The van der Waals surface area contributed by atoms with Crippen LogP contribution in [0.15, 0.2) is 60.8 Å². The van der Waals surface area contributed by atoms with Crippen LogP contribution in [-0.2, 0) is 6.54 Å². The van der Waals surface area contributed by atoms with Gasteiger partial charge < -0.3 is 20.1 Å². The molecule has 25 heavy (non-hydrogen) atoms. The smallest absolute Gasteiger partial charge is 0.229 e. The summed E-state index contributed by atoms with van der Waals surface area (Å²) >= 11 is 0. The number of hydrogen-bond donors (Lipinski definition) is 2. The molecule has 1 aromatic heterocycles. The largest absolute Gasteiger partial charge is 0.497 e. The molecule has 3 aromatic rings. The molecule has 0 fully saturated rings. The monoisotopic (exact) mass is 336 g/mol. The normalized spacial score (nSPS) is 10.2. The van der Waals surface area contributed by atoms with Gasteiger partial charge in [-0.2, -0.15) is 4.98 Å². The lowest BCUT2D eigenvalue weighted by molar-refractivity contribution is 0.410. The van der Waals surface area contributed by atoms with Crippen molar-refractivity contribution >= 4 is 17.5 Å². The van der Waals surface area contributed by atoms with Gasteiger partial charge in [0.05, 0.1) is 14.2 Å². The number of para-hydroxylation sites is 1. The van der Waals surface area contributed by atoms with Gasteiger partial charge in [0.15, 0.2) is 0 Å². The predicted molar refractivity (Wildman–Crippen MR) is 98.6 cm³/mol. The topological polar surface area (TPSA) is 68.3 Å². The molecule has 0 spiro atoms. The maximum absolute atomic E-state index is 5.36. The molecule has 0 unspecified atom stereocenters. The van der Waals surface area contributed by atoms with Crippen LogP contribution in [0, 0.1) is 0 Å². The van der Waals surface area contributed by atoms with E-state index in [2.05, 4.69) is 20.6 Å². The molecule has 0 amide bonds. The van der Waals surface area contributed by atoms with Gasteiger partial charge in [-0.15, -0.1) is 0 Å². The van der Waals surface area contributed by atoms with Crippen molar-refractivity contribution in [1.82, 2.24) is 9.97 Å². The summed E-state index contributed by atoms with van der Waals surface area (Å²) in [5.41, 5.74) is 1.95. The molecule has 0 bridgehead atoms. The van der Waals surface area contributed by atoms with E-state index in [0.29, 0.717) is 12.5 Å². The van der Waals surface area contributed by atoms with Crippen LogP contribution >= 0.6 is 0 Å². The Bertz CT molecular complexity index is 822. The van der Waals surface area contributed by atoms with Crippen molar-refractivity contribution in [2.24, 2.45) is 0 Å². The van der Waals surface area contributed by atoms with Crippen LogP contribution < -0.4 is 20.1 Å². The van der Waals surface area contributed by atoms with Crippen LogP contribution in [0.2, 0.25) is 0 Å². The van der Waals surface area contributed by atoms with Gasteiger partial charge in [0, 0.05) is 24.0 Å². The zero-order valence-corrected chi connectivity index (χ0v) is 14.2. The average Bonchev–Trinajstić information content (AvgIpc) is 2.67. The lowest BCUT2D eigenvalue weighted by atomic mass is 10.2. The van der Waals surface area contributed by atoms with Gasteiger partial charge in [-0.25, -0.2) is 4.98 Å². The van der Waals surface area contributed by atoms with Crippen LogP contribution in [0.3, 0.4) is 0 Å². The second kappa shape index (κ2) is 8.01. The van der Waals surface area contributed by atoms with E-state index >= 15 is 0 Å². The Labute approximate surface area is 146 Å². The first-order chi connectivity index (χ1) is 12.3. The van der Waals surface area contributed by atoms with Gasteiger partial charge in [-0.3, -0.25) is 0 Å². The number of rotatable bonds is 7. The second-order valence-electron chi connectivity index (χ2n) is 5.28. The minimum absolute atomic E-state index is 0.523. The van der Waals surface area contributed by atoms with Gasteiger partial charge in [0.2, 0.25) is 5.95 Å². The fraction of sp³-hybridized carbons (Fsp3) is 0.158. The number of ether oxygens (including phenoxy) is 2. The Morgan fingerprint density at radius 3 is 2.48 bits per heavy atom. The Morgan fingerprint density at radius 1 is 0.920 bits per heavy atom. The van der Waals surface area contributed by atoms with Crippen molar-refractivity contribution in [3.63, 3.8) is 0 Å². The Kier molecular flexibility index (Phi) is 5.31. The highest BCUT2D eigenvalue weighted by Crippen LogP contribution is 2.20. The molecule has 1 heterocycles. The molecule has 0 aliphatic heterocycles. The van der Waals surface area contributed by atoms with Crippen molar-refractivity contribution in [2.45, 2.75) is 6.54 Å². The molecular weight excluding hydrogens is 316 g/mol. The van der Waals surface area contributed by atoms with Gasteiger partial charge in [-0.1, -0.05) is 18.2 Å². The number of aromatic nitrogens is 2. The summed E-state index contributed by atoms with van der Waals surface area (Å²) in [4.78, 5) is 8.72. The van der Waals surface area contributed by atoms with E-state index in [4.69, 9.17) is 9.47 Å². The molecule has 2 aromatic carbocycles. The molecular formula is C19H20N4O2. The van der Waals surface area contributed by atoms with E-state index in [1.54, 1.807) is 20.4 Å². The summed E-state index contributed by atoms with van der Waals surface area (Å²) in [7, 11) is 3.31. The molecule has 0 saturated heterocycles. The van der Waals surface area contributed by atoms with E-state index in [0.717, 1.165) is 28.6 Å². The Hall–Kier alpha value is -3.28. The molecule has 2 N–H and O–H groups in total. The van der Waals surface area contributed by atoms with Crippen molar-refractivity contribution in [2.75, 3.05) is 24.9 Å². The van der Waals surface area contributed by atoms with Gasteiger partial charge in [0.25, 0.3) is 0 Å². The summed E-state index contributed by atoms with van der Waals surface area (Å²) < 4.78 is 10.5. The zero-order chi connectivity index (χ0) is 17.5. The molecule has 0 saturated carbocycles. The molecule has 6 heteroatoms. The van der Waals surface area contributed by atoms with Gasteiger partial charge >= 0.3 is 0 Å². The number of nitrogens with one attached hydrogen (secondary N) is 2. The van der Waals surface area contributed by atoms with Gasteiger partial charge in [0.1, 0.15) is 17.3 Å². The van der Waals surface area contributed by atoms with Crippen molar-refractivity contribution in [3.8, 4) is 11.5 Å². The van der Waals surface area contributed by atoms with Crippen LogP contribution in [0.1, 0.15) is 5.56 Å². The minimum Gasteiger partial charge on any atom is -0.497 e. The lowest BCUT2D eigenvalue weighted by Crippen LogP contribution is -2.05. The van der Waals surface area contributed by atoms with E-state index in [1.165, 1.54) is 0 Å². The standard InChI is InChI=1S/C19H20N4O2/c1-24-16-9-7-15(8-10-16)22-19-20-12-11-18(23-19)21-13-14-5-3-4-6-17(14)25-2/h3-12H,13H2,1-2H3,(H2,20,21,22,23). The van der Waals surface area contributed by atoms with Crippen LogP contribution in [0.4, 0.5) is 17.5 Å². The minimum atomic E-state index is 0.523.